The van der Waals surface area contributed by atoms with Crippen LogP contribution in [0.4, 0.5) is 15.8 Å². The van der Waals surface area contributed by atoms with E-state index in [1.54, 1.807) is 47.4 Å². The molecule has 59 heavy (non-hydrogen) atoms. The Morgan fingerprint density at radius 3 is 2.15 bits per heavy atom. The monoisotopic (exact) mass is 823 g/mol. The van der Waals surface area contributed by atoms with E-state index >= 15 is 4.39 Å². The van der Waals surface area contributed by atoms with E-state index < -0.39 is 52.2 Å². The lowest BCUT2D eigenvalue weighted by Gasteiger charge is -2.63. The van der Waals surface area contributed by atoms with Crippen molar-refractivity contribution < 1.29 is 37.9 Å². The van der Waals surface area contributed by atoms with Gasteiger partial charge in [-0.3, -0.25) is 43.9 Å². The van der Waals surface area contributed by atoms with E-state index in [4.69, 9.17) is 22.9 Å². The van der Waals surface area contributed by atoms with Crippen LogP contribution < -0.4 is 20.3 Å². The standard InChI is InChI=1S/C43H43ClFN7O7/c1-42(2)40(43(3,4)41(42)59-26-7-8-31(46-5)29(44)19-26)48-36(55)23-6-9-32(30(45)18-23)50-12-14-51(15-13-50)35(54)22-49-20-24-16-27-28(17-25(24)21-49)39(58)52(38(27)57)33-10-11-34(53)47-37(33)56/h6-9,16-19,33,40-41H,10-15,20-22H2,1-4H3,(H,48,55)(H,47,53,56). The van der Waals surface area contributed by atoms with E-state index in [1.165, 1.54) is 6.07 Å². The third-order valence-corrected chi connectivity index (χ3v) is 12.8. The fourth-order valence-electron chi connectivity index (χ4n) is 9.75. The molecular formula is C43H43ClFN7O7. The molecule has 0 bridgehead atoms. The van der Waals surface area contributed by atoms with Gasteiger partial charge in [0, 0.05) is 68.1 Å². The number of anilines is 1. The van der Waals surface area contributed by atoms with Crippen LogP contribution in [-0.4, -0.2) is 101 Å². The molecule has 4 aliphatic heterocycles. The van der Waals surface area contributed by atoms with Crippen LogP contribution in [0, 0.1) is 23.2 Å². The molecule has 1 atom stereocenters. The number of piperidine rings is 1. The molecule has 2 N–H and O–H groups in total. The van der Waals surface area contributed by atoms with Crippen molar-refractivity contribution in [3.8, 4) is 5.75 Å². The number of nitrogens with one attached hydrogen (secondary N) is 2. The number of fused-ring (bicyclic) bond motifs is 2. The SMILES string of the molecule is [C-]#[N+]c1ccc(OC2C(C)(C)C(NC(=O)c3ccc(N4CCN(C(=O)CN5Cc6cc7c(cc6C5)C(=O)N(C5CCC(=O)NC5=O)C7=O)CC4)c(F)c3)C2(C)C)cc1Cl. The molecule has 3 aromatic rings. The summed E-state index contributed by atoms with van der Waals surface area (Å²) in [7, 11) is 0. The molecular weight excluding hydrogens is 781 g/mol. The second kappa shape index (κ2) is 14.8. The van der Waals surface area contributed by atoms with Gasteiger partial charge in [0.1, 0.15) is 23.7 Å². The van der Waals surface area contributed by atoms with Crippen molar-refractivity contribution in [3.05, 3.63) is 98.6 Å². The molecule has 16 heteroatoms. The maximum absolute atomic E-state index is 15.6. The first-order valence-corrected chi connectivity index (χ1v) is 19.9. The minimum Gasteiger partial charge on any atom is -0.489 e. The molecule has 3 fully saturated rings. The smallest absolute Gasteiger partial charge is 0.262 e. The van der Waals surface area contributed by atoms with Gasteiger partial charge in [-0.05, 0) is 60.0 Å². The minimum atomic E-state index is -1.04. The zero-order chi connectivity index (χ0) is 42.1. The fraction of sp³-hybridized carbons (Fsp3) is 0.419. The third-order valence-electron chi connectivity index (χ3n) is 12.5. The van der Waals surface area contributed by atoms with Crippen LogP contribution in [0.25, 0.3) is 4.85 Å². The maximum Gasteiger partial charge on any atom is 0.262 e. The van der Waals surface area contributed by atoms with Crippen LogP contribution >= 0.6 is 11.6 Å². The summed E-state index contributed by atoms with van der Waals surface area (Å²) in [5.74, 6) is -2.73. The Morgan fingerprint density at radius 2 is 1.58 bits per heavy atom. The number of halogens is 2. The van der Waals surface area contributed by atoms with E-state index in [0.717, 1.165) is 16.0 Å². The Labute approximate surface area is 345 Å². The van der Waals surface area contributed by atoms with Gasteiger partial charge in [0.15, 0.2) is 0 Å². The van der Waals surface area contributed by atoms with Crippen molar-refractivity contribution in [2.75, 3.05) is 37.6 Å². The number of carbonyl (C=O) groups is 6. The van der Waals surface area contributed by atoms with Gasteiger partial charge in [-0.25, -0.2) is 9.24 Å². The lowest BCUT2D eigenvalue weighted by atomic mass is 9.49. The van der Waals surface area contributed by atoms with Crippen LogP contribution in [0.2, 0.25) is 5.02 Å². The number of nitrogens with zero attached hydrogens (tertiary/aromatic N) is 5. The molecule has 0 radical (unpaired) electrons. The molecule has 0 aromatic heterocycles. The van der Waals surface area contributed by atoms with Crippen molar-refractivity contribution in [2.45, 2.75) is 71.8 Å². The Hall–Kier alpha value is -5.85. The number of imide groups is 2. The summed E-state index contributed by atoms with van der Waals surface area (Å²) >= 11 is 6.23. The maximum atomic E-state index is 15.6. The van der Waals surface area contributed by atoms with Crippen LogP contribution in [0.3, 0.4) is 0 Å². The molecule has 1 aliphatic carbocycles. The first kappa shape index (κ1) is 40.0. The van der Waals surface area contributed by atoms with Gasteiger partial charge < -0.3 is 19.9 Å². The zero-order valence-electron chi connectivity index (χ0n) is 33.1. The Morgan fingerprint density at radius 1 is 0.932 bits per heavy atom. The van der Waals surface area contributed by atoms with Crippen molar-refractivity contribution in [2.24, 2.45) is 10.8 Å². The second-order valence-electron chi connectivity index (χ2n) is 17.1. The van der Waals surface area contributed by atoms with Crippen molar-refractivity contribution in [3.63, 3.8) is 0 Å². The summed E-state index contributed by atoms with van der Waals surface area (Å²) in [6.07, 6.45) is -0.160. The Bertz CT molecular complexity index is 2330. The highest BCUT2D eigenvalue weighted by molar-refractivity contribution is 6.33. The molecule has 6 amide bonds. The number of piperazine rings is 1. The largest absolute Gasteiger partial charge is 0.489 e. The predicted molar refractivity (Wildman–Crippen MR) is 213 cm³/mol. The van der Waals surface area contributed by atoms with Gasteiger partial charge in [0.05, 0.1) is 35.0 Å². The van der Waals surface area contributed by atoms with Gasteiger partial charge >= 0.3 is 0 Å². The average molecular weight is 824 g/mol. The summed E-state index contributed by atoms with van der Waals surface area (Å²) < 4.78 is 22.0. The number of hydrogen-bond donors (Lipinski definition) is 2. The molecule has 306 valence electrons. The number of hydrogen-bond acceptors (Lipinski definition) is 9. The second-order valence-corrected chi connectivity index (χ2v) is 17.5. The normalized spacial score (nSPS) is 23.3. The van der Waals surface area contributed by atoms with E-state index in [-0.39, 0.29) is 54.1 Å². The average Bonchev–Trinajstić information content (AvgIpc) is 3.70. The number of ether oxygens (including phenoxy) is 1. The molecule has 8 rings (SSSR count). The topological polar surface area (TPSA) is 153 Å². The van der Waals surface area contributed by atoms with E-state index in [1.807, 2.05) is 37.5 Å². The molecule has 2 saturated heterocycles. The van der Waals surface area contributed by atoms with Gasteiger partial charge in [0.25, 0.3) is 17.7 Å². The molecule has 5 aliphatic rings. The highest BCUT2D eigenvalue weighted by atomic mass is 35.5. The van der Waals surface area contributed by atoms with Crippen LogP contribution in [0.1, 0.15) is 82.7 Å². The third kappa shape index (κ3) is 6.97. The number of benzene rings is 3. The Balaban J connectivity index is 0.832. The van der Waals surface area contributed by atoms with Crippen molar-refractivity contribution >= 4 is 58.4 Å². The van der Waals surface area contributed by atoms with Crippen LogP contribution in [0.5, 0.6) is 5.75 Å². The summed E-state index contributed by atoms with van der Waals surface area (Å²) in [4.78, 5) is 87.3. The van der Waals surface area contributed by atoms with Gasteiger partial charge in [-0.15, -0.1) is 0 Å². The molecule has 0 spiro atoms. The van der Waals surface area contributed by atoms with E-state index in [2.05, 4.69) is 15.5 Å². The first-order valence-electron chi connectivity index (χ1n) is 19.5. The predicted octanol–water partition coefficient (Wildman–Crippen LogP) is 4.71. The number of amides is 6. The molecule has 1 saturated carbocycles. The highest BCUT2D eigenvalue weighted by Gasteiger charge is 2.64. The fourth-order valence-corrected chi connectivity index (χ4v) is 9.96. The quantitative estimate of drug-likeness (QED) is 0.243. The zero-order valence-corrected chi connectivity index (χ0v) is 33.8. The number of rotatable bonds is 8. The molecule has 14 nitrogen and oxygen atoms in total. The van der Waals surface area contributed by atoms with Gasteiger partial charge in [-0.2, -0.15) is 0 Å². The molecule has 4 heterocycles. The van der Waals surface area contributed by atoms with E-state index in [9.17, 15) is 28.8 Å². The lowest BCUT2D eigenvalue weighted by molar-refractivity contribution is -0.164. The molecule has 1 unspecified atom stereocenters. The van der Waals surface area contributed by atoms with E-state index in [0.29, 0.717) is 61.4 Å². The van der Waals surface area contributed by atoms with Gasteiger partial charge in [0.2, 0.25) is 23.4 Å². The summed E-state index contributed by atoms with van der Waals surface area (Å²) in [6, 6.07) is 11.4. The highest BCUT2D eigenvalue weighted by Crippen LogP contribution is 2.56. The summed E-state index contributed by atoms with van der Waals surface area (Å²) in [5.41, 5.74) is 1.97. The van der Waals surface area contributed by atoms with Crippen LogP contribution in [-0.2, 0) is 27.5 Å². The first-order chi connectivity index (χ1) is 28.0. The van der Waals surface area contributed by atoms with Crippen LogP contribution in [0.15, 0.2) is 48.5 Å². The van der Waals surface area contributed by atoms with Crippen molar-refractivity contribution in [1.29, 1.82) is 0 Å². The van der Waals surface area contributed by atoms with Gasteiger partial charge in [-0.1, -0.05) is 45.4 Å². The Kier molecular flexibility index (Phi) is 9.99. The lowest BCUT2D eigenvalue weighted by Crippen LogP contribution is -2.74. The summed E-state index contributed by atoms with van der Waals surface area (Å²) in [6.45, 7) is 17.7. The number of carbonyl (C=O) groups excluding carboxylic acids is 6. The minimum absolute atomic E-state index is 0.0429. The molecule has 3 aromatic carbocycles. The summed E-state index contributed by atoms with van der Waals surface area (Å²) in [5, 5.41) is 5.61. The van der Waals surface area contributed by atoms with Crippen molar-refractivity contribution in [1.82, 2.24) is 25.3 Å².